The van der Waals surface area contributed by atoms with Gasteiger partial charge in [-0.15, -0.1) is 0 Å². The fraction of sp³-hybridized carbons (Fsp3) is 0.154. The van der Waals surface area contributed by atoms with Crippen LogP contribution in [0.5, 0.6) is 0 Å². The van der Waals surface area contributed by atoms with Crippen LogP contribution in [0.3, 0.4) is 0 Å². The molecular formula is C13H14N6. The summed E-state index contributed by atoms with van der Waals surface area (Å²) in [6, 6.07) is 10.00. The maximum absolute atomic E-state index is 4.21. The van der Waals surface area contributed by atoms with Crippen LogP contribution < -0.4 is 5.32 Å². The molecule has 3 rings (SSSR count). The van der Waals surface area contributed by atoms with Gasteiger partial charge in [-0.2, -0.15) is 20.5 Å². The molecule has 0 radical (unpaired) electrons. The molecule has 1 aromatic carbocycles. The summed E-state index contributed by atoms with van der Waals surface area (Å²) in [4.78, 5) is 0. The Balaban J connectivity index is 1.77. The van der Waals surface area contributed by atoms with Crippen molar-refractivity contribution in [1.29, 1.82) is 0 Å². The Morgan fingerprint density at radius 3 is 2.79 bits per heavy atom. The molecular weight excluding hydrogens is 240 g/mol. The number of hydrogen-bond acceptors (Lipinski definition) is 4. The number of rotatable bonds is 4. The molecule has 96 valence electrons. The molecule has 0 saturated heterocycles. The maximum atomic E-state index is 4.21. The zero-order valence-electron chi connectivity index (χ0n) is 10.5. The minimum atomic E-state index is 0.604. The highest BCUT2D eigenvalue weighted by molar-refractivity contribution is 5.61. The number of nitrogens with one attached hydrogen (secondary N) is 2. The largest absolute Gasteiger partial charge is 0.377 e. The molecule has 0 bridgehead atoms. The summed E-state index contributed by atoms with van der Waals surface area (Å²) >= 11 is 0. The second kappa shape index (κ2) is 4.93. The van der Waals surface area contributed by atoms with E-state index in [1.807, 2.05) is 43.6 Å². The lowest BCUT2D eigenvalue weighted by molar-refractivity contribution is 0.768. The first-order chi connectivity index (χ1) is 9.33. The zero-order valence-corrected chi connectivity index (χ0v) is 10.5. The van der Waals surface area contributed by atoms with Crippen molar-refractivity contribution in [2.75, 3.05) is 5.32 Å². The van der Waals surface area contributed by atoms with E-state index < -0.39 is 0 Å². The van der Waals surface area contributed by atoms with Gasteiger partial charge < -0.3 is 5.32 Å². The van der Waals surface area contributed by atoms with Gasteiger partial charge in [-0.1, -0.05) is 30.3 Å². The summed E-state index contributed by atoms with van der Waals surface area (Å²) in [6.07, 6.45) is 3.70. The Morgan fingerprint density at radius 2 is 2.05 bits per heavy atom. The van der Waals surface area contributed by atoms with E-state index >= 15 is 0 Å². The SMILES string of the molecule is Cn1cc(NCc2n[nH]nc2-c2ccccc2)cn1. The van der Waals surface area contributed by atoms with Crippen molar-refractivity contribution in [1.82, 2.24) is 25.2 Å². The summed E-state index contributed by atoms with van der Waals surface area (Å²) in [6.45, 7) is 0.604. The fourth-order valence-electron chi connectivity index (χ4n) is 1.90. The van der Waals surface area contributed by atoms with E-state index in [2.05, 4.69) is 25.8 Å². The third kappa shape index (κ3) is 2.47. The molecule has 0 amide bonds. The van der Waals surface area contributed by atoms with Crippen molar-refractivity contribution in [2.24, 2.45) is 7.05 Å². The van der Waals surface area contributed by atoms with Crippen molar-refractivity contribution >= 4 is 5.69 Å². The van der Waals surface area contributed by atoms with Gasteiger partial charge >= 0.3 is 0 Å². The molecule has 3 aromatic rings. The highest BCUT2D eigenvalue weighted by Crippen LogP contribution is 2.19. The fourth-order valence-corrected chi connectivity index (χ4v) is 1.90. The number of aromatic amines is 1. The summed E-state index contributed by atoms with van der Waals surface area (Å²) in [5.74, 6) is 0. The van der Waals surface area contributed by atoms with E-state index in [0.717, 1.165) is 22.6 Å². The van der Waals surface area contributed by atoms with Crippen molar-refractivity contribution in [3.05, 3.63) is 48.4 Å². The Labute approximate surface area is 110 Å². The third-order valence-corrected chi connectivity index (χ3v) is 2.83. The number of nitrogens with zero attached hydrogens (tertiary/aromatic N) is 4. The number of hydrogen-bond donors (Lipinski definition) is 2. The van der Waals surface area contributed by atoms with Gasteiger partial charge in [0.2, 0.25) is 0 Å². The van der Waals surface area contributed by atoms with E-state index in [1.54, 1.807) is 10.9 Å². The lowest BCUT2D eigenvalue weighted by Crippen LogP contribution is -2.00. The number of H-pyrrole nitrogens is 1. The number of benzene rings is 1. The van der Waals surface area contributed by atoms with Crippen LogP contribution in [0.2, 0.25) is 0 Å². The standard InChI is InChI=1S/C13H14N6/c1-19-9-11(7-15-19)14-8-12-13(17-18-16-12)10-5-3-2-4-6-10/h2-7,9,14H,8H2,1H3,(H,16,17,18). The third-order valence-electron chi connectivity index (χ3n) is 2.83. The van der Waals surface area contributed by atoms with Gasteiger partial charge in [-0.3, -0.25) is 4.68 Å². The predicted octanol–water partition coefficient (Wildman–Crippen LogP) is 1.82. The molecule has 0 fully saturated rings. The van der Waals surface area contributed by atoms with Crippen molar-refractivity contribution in [3.8, 4) is 11.3 Å². The van der Waals surface area contributed by atoms with Crippen LogP contribution in [0.4, 0.5) is 5.69 Å². The minimum Gasteiger partial charge on any atom is -0.377 e. The summed E-state index contributed by atoms with van der Waals surface area (Å²) in [5.41, 5.74) is 3.77. The van der Waals surface area contributed by atoms with Gasteiger partial charge in [0.1, 0.15) is 11.4 Å². The Kier molecular flexibility index (Phi) is 2.97. The van der Waals surface area contributed by atoms with Crippen molar-refractivity contribution in [3.63, 3.8) is 0 Å². The number of aromatic nitrogens is 5. The molecule has 19 heavy (non-hydrogen) atoms. The molecule has 6 heteroatoms. The average Bonchev–Trinajstić information content (AvgIpc) is 3.06. The summed E-state index contributed by atoms with van der Waals surface area (Å²) < 4.78 is 1.75. The van der Waals surface area contributed by atoms with Gasteiger partial charge in [0.25, 0.3) is 0 Å². The first kappa shape index (κ1) is 11.5. The smallest absolute Gasteiger partial charge is 0.117 e. The molecule has 0 aliphatic rings. The van der Waals surface area contributed by atoms with Crippen molar-refractivity contribution < 1.29 is 0 Å². The van der Waals surface area contributed by atoms with E-state index in [0.29, 0.717) is 6.54 Å². The predicted molar refractivity (Wildman–Crippen MR) is 72.4 cm³/mol. The van der Waals surface area contributed by atoms with Crippen LogP contribution in [0.25, 0.3) is 11.3 Å². The summed E-state index contributed by atoms with van der Waals surface area (Å²) in [7, 11) is 1.89. The topological polar surface area (TPSA) is 71.4 Å². The molecule has 0 aliphatic heterocycles. The van der Waals surface area contributed by atoms with E-state index in [1.165, 1.54) is 0 Å². The Hall–Kier alpha value is -2.63. The van der Waals surface area contributed by atoms with Gasteiger partial charge in [0.15, 0.2) is 0 Å². The molecule has 0 saturated carbocycles. The van der Waals surface area contributed by atoms with Crippen LogP contribution in [-0.4, -0.2) is 25.2 Å². The van der Waals surface area contributed by atoms with Crippen LogP contribution in [0.15, 0.2) is 42.7 Å². The number of anilines is 1. The van der Waals surface area contributed by atoms with Crippen LogP contribution in [0.1, 0.15) is 5.69 Å². The van der Waals surface area contributed by atoms with Gasteiger partial charge in [-0.05, 0) is 0 Å². The lowest BCUT2D eigenvalue weighted by Gasteiger charge is -2.02. The molecule has 0 atom stereocenters. The maximum Gasteiger partial charge on any atom is 0.117 e. The second-order valence-electron chi connectivity index (χ2n) is 4.24. The monoisotopic (exact) mass is 254 g/mol. The van der Waals surface area contributed by atoms with Crippen molar-refractivity contribution in [2.45, 2.75) is 6.54 Å². The molecule has 2 N–H and O–H groups in total. The Bertz CT molecular complexity index is 655. The van der Waals surface area contributed by atoms with Gasteiger partial charge in [0, 0.05) is 18.8 Å². The first-order valence-electron chi connectivity index (χ1n) is 6.00. The van der Waals surface area contributed by atoms with E-state index in [-0.39, 0.29) is 0 Å². The highest BCUT2D eigenvalue weighted by atomic mass is 15.3. The van der Waals surface area contributed by atoms with Gasteiger partial charge in [-0.25, -0.2) is 0 Å². The van der Waals surface area contributed by atoms with Crippen LogP contribution >= 0.6 is 0 Å². The van der Waals surface area contributed by atoms with Gasteiger partial charge in [0.05, 0.1) is 18.4 Å². The van der Waals surface area contributed by atoms with E-state index in [4.69, 9.17) is 0 Å². The Morgan fingerprint density at radius 1 is 1.21 bits per heavy atom. The molecule has 6 nitrogen and oxygen atoms in total. The average molecular weight is 254 g/mol. The number of aryl methyl sites for hydroxylation is 1. The highest BCUT2D eigenvalue weighted by Gasteiger charge is 2.09. The summed E-state index contributed by atoms with van der Waals surface area (Å²) in [5, 5.41) is 18.5. The zero-order chi connectivity index (χ0) is 13.1. The molecule has 2 heterocycles. The quantitative estimate of drug-likeness (QED) is 0.745. The van der Waals surface area contributed by atoms with Crippen LogP contribution in [-0.2, 0) is 13.6 Å². The van der Waals surface area contributed by atoms with E-state index in [9.17, 15) is 0 Å². The second-order valence-corrected chi connectivity index (χ2v) is 4.24. The molecule has 0 unspecified atom stereocenters. The molecule has 0 spiro atoms. The minimum absolute atomic E-state index is 0.604. The first-order valence-corrected chi connectivity index (χ1v) is 6.00. The molecule has 0 aliphatic carbocycles. The molecule has 2 aromatic heterocycles. The van der Waals surface area contributed by atoms with Crippen LogP contribution in [0, 0.1) is 0 Å². The lowest BCUT2D eigenvalue weighted by atomic mass is 10.1. The normalized spacial score (nSPS) is 10.6.